The monoisotopic (exact) mass is 454 g/mol. The summed E-state index contributed by atoms with van der Waals surface area (Å²) in [6.07, 6.45) is -3.83. The molecule has 6 nitrogen and oxygen atoms in total. The van der Waals surface area contributed by atoms with Crippen LogP contribution in [0.15, 0.2) is 81.8 Å². The van der Waals surface area contributed by atoms with Gasteiger partial charge in [0.25, 0.3) is 5.91 Å². The molecule has 0 bridgehead atoms. The maximum absolute atomic E-state index is 13.6. The molecule has 0 fully saturated rings. The molecule has 33 heavy (non-hydrogen) atoms. The van der Waals surface area contributed by atoms with Gasteiger partial charge in [0.1, 0.15) is 11.5 Å². The molecule has 0 unspecified atom stereocenters. The molecule has 1 aliphatic heterocycles. The van der Waals surface area contributed by atoms with Gasteiger partial charge in [-0.15, -0.1) is 0 Å². The summed E-state index contributed by atoms with van der Waals surface area (Å²) in [6, 6.07) is 17.3. The summed E-state index contributed by atoms with van der Waals surface area (Å²) in [5.74, 6) is -1.08. The van der Waals surface area contributed by atoms with Crippen molar-refractivity contribution in [3.05, 3.63) is 83.6 Å². The molecule has 2 aromatic carbocycles. The van der Waals surface area contributed by atoms with E-state index in [9.17, 15) is 22.8 Å². The number of hydrazone groups is 1. The van der Waals surface area contributed by atoms with Crippen molar-refractivity contribution < 1.29 is 31.9 Å². The second-order valence-electron chi connectivity index (χ2n) is 6.96. The Morgan fingerprint density at radius 3 is 2.55 bits per heavy atom. The molecule has 1 amide bonds. The van der Waals surface area contributed by atoms with Crippen LogP contribution < -0.4 is 5.01 Å². The van der Waals surface area contributed by atoms with Gasteiger partial charge >= 0.3 is 12.1 Å². The van der Waals surface area contributed by atoms with Crippen LogP contribution in [0.25, 0.3) is 17.4 Å². The Morgan fingerprint density at radius 1 is 1.09 bits per heavy atom. The third-order valence-electron chi connectivity index (χ3n) is 4.72. The lowest BCUT2D eigenvalue weighted by molar-refractivity contribution is -0.114. The highest BCUT2D eigenvalue weighted by Crippen LogP contribution is 2.33. The summed E-state index contributed by atoms with van der Waals surface area (Å²) >= 11 is 0. The van der Waals surface area contributed by atoms with Crippen molar-refractivity contribution in [1.82, 2.24) is 0 Å². The SMILES string of the molecule is CCOC(=O)c1cccc(-c2ccc(/C=C3\C(=O)N(c4ccccc4)N=C3C(F)(F)F)o2)c1. The lowest BCUT2D eigenvalue weighted by Gasteiger charge is -2.10. The summed E-state index contributed by atoms with van der Waals surface area (Å²) < 4.78 is 51.4. The van der Waals surface area contributed by atoms with Crippen molar-refractivity contribution in [2.24, 2.45) is 5.10 Å². The molecule has 0 aliphatic carbocycles. The molecule has 168 valence electrons. The Bertz CT molecular complexity index is 1260. The molecule has 1 aliphatic rings. The molecule has 4 rings (SSSR count). The standard InChI is InChI=1S/C24H17F3N2O4/c1-2-32-23(31)16-8-6-7-15(13-16)20-12-11-18(33-20)14-19-21(24(25,26)27)28-29(22(19)30)17-9-4-3-5-10-17/h3-14H,2H2,1H3/b19-14-. The first-order valence-corrected chi connectivity index (χ1v) is 9.92. The first kappa shape index (κ1) is 22.1. The van der Waals surface area contributed by atoms with Crippen LogP contribution in [0.5, 0.6) is 0 Å². The normalized spacial score (nSPS) is 15.2. The van der Waals surface area contributed by atoms with Gasteiger partial charge < -0.3 is 9.15 Å². The van der Waals surface area contributed by atoms with Crippen molar-refractivity contribution >= 4 is 29.4 Å². The summed E-state index contributed by atoms with van der Waals surface area (Å²) in [4.78, 5) is 24.7. The first-order valence-electron chi connectivity index (χ1n) is 9.92. The van der Waals surface area contributed by atoms with Gasteiger partial charge in [0.15, 0.2) is 5.71 Å². The molecule has 0 radical (unpaired) electrons. The minimum Gasteiger partial charge on any atom is -0.462 e. The predicted molar refractivity (Wildman–Crippen MR) is 115 cm³/mol. The van der Waals surface area contributed by atoms with Crippen molar-refractivity contribution in [1.29, 1.82) is 0 Å². The van der Waals surface area contributed by atoms with E-state index in [1.807, 2.05) is 0 Å². The molecule has 2 heterocycles. The average molecular weight is 454 g/mol. The molecule has 0 saturated heterocycles. The number of rotatable bonds is 5. The number of para-hydroxylation sites is 1. The van der Waals surface area contributed by atoms with Gasteiger partial charge in [-0.3, -0.25) is 4.79 Å². The minimum atomic E-state index is -4.84. The Kier molecular flexibility index (Phi) is 5.87. The number of anilines is 1. The number of nitrogens with zero attached hydrogens (tertiary/aromatic N) is 2. The Labute approximate surface area is 186 Å². The van der Waals surface area contributed by atoms with E-state index >= 15 is 0 Å². The maximum Gasteiger partial charge on any atom is 0.435 e. The van der Waals surface area contributed by atoms with Crippen LogP contribution in [0.4, 0.5) is 18.9 Å². The lowest BCUT2D eigenvalue weighted by atomic mass is 10.1. The van der Waals surface area contributed by atoms with Crippen molar-refractivity contribution in [2.45, 2.75) is 13.1 Å². The molecule has 0 atom stereocenters. The number of carbonyl (C=O) groups is 2. The summed E-state index contributed by atoms with van der Waals surface area (Å²) in [7, 11) is 0. The zero-order valence-electron chi connectivity index (χ0n) is 17.3. The quantitative estimate of drug-likeness (QED) is 0.379. The van der Waals surface area contributed by atoms with Gasteiger partial charge in [-0.25, -0.2) is 4.79 Å². The fraction of sp³-hybridized carbons (Fsp3) is 0.125. The largest absolute Gasteiger partial charge is 0.462 e. The number of ether oxygens (including phenoxy) is 1. The number of amides is 1. The highest BCUT2D eigenvalue weighted by molar-refractivity contribution is 6.34. The van der Waals surface area contributed by atoms with Crippen molar-refractivity contribution in [3.63, 3.8) is 0 Å². The Morgan fingerprint density at radius 2 is 1.85 bits per heavy atom. The van der Waals surface area contributed by atoms with Gasteiger partial charge in [0.2, 0.25) is 0 Å². The fourth-order valence-electron chi connectivity index (χ4n) is 3.24. The molecular weight excluding hydrogens is 437 g/mol. The molecule has 1 aromatic heterocycles. The van der Waals surface area contributed by atoms with Gasteiger partial charge in [-0.05, 0) is 49.4 Å². The van der Waals surface area contributed by atoms with E-state index in [0.717, 1.165) is 6.08 Å². The Hall–Kier alpha value is -4.14. The van der Waals surface area contributed by atoms with Crippen LogP contribution in [-0.4, -0.2) is 30.4 Å². The van der Waals surface area contributed by atoms with E-state index in [0.29, 0.717) is 21.9 Å². The summed E-state index contributed by atoms with van der Waals surface area (Å²) in [5, 5.41) is 4.23. The van der Waals surface area contributed by atoms with Crippen LogP contribution in [0, 0.1) is 0 Å². The van der Waals surface area contributed by atoms with E-state index in [2.05, 4.69) is 5.10 Å². The van der Waals surface area contributed by atoms with E-state index in [1.165, 1.54) is 24.3 Å². The predicted octanol–water partition coefficient (Wildman–Crippen LogP) is 5.47. The van der Waals surface area contributed by atoms with Gasteiger partial charge in [0.05, 0.1) is 23.4 Å². The fourth-order valence-corrected chi connectivity index (χ4v) is 3.24. The lowest BCUT2D eigenvalue weighted by Crippen LogP contribution is -2.25. The Balaban J connectivity index is 1.67. The van der Waals surface area contributed by atoms with Crippen LogP contribution >= 0.6 is 0 Å². The smallest absolute Gasteiger partial charge is 0.435 e. The topological polar surface area (TPSA) is 72.1 Å². The van der Waals surface area contributed by atoms with Crippen molar-refractivity contribution in [2.75, 3.05) is 11.6 Å². The number of carbonyl (C=O) groups excluding carboxylic acids is 2. The zero-order valence-corrected chi connectivity index (χ0v) is 17.3. The molecule has 0 saturated carbocycles. The maximum atomic E-state index is 13.6. The van der Waals surface area contributed by atoms with Crippen LogP contribution in [0.2, 0.25) is 0 Å². The molecule has 0 N–H and O–H groups in total. The number of alkyl halides is 3. The second-order valence-corrected chi connectivity index (χ2v) is 6.96. The average Bonchev–Trinajstić information content (AvgIpc) is 3.40. The van der Waals surface area contributed by atoms with E-state index in [4.69, 9.17) is 9.15 Å². The van der Waals surface area contributed by atoms with Gasteiger partial charge in [0, 0.05) is 5.56 Å². The van der Waals surface area contributed by atoms with E-state index in [1.54, 1.807) is 49.4 Å². The molecule has 3 aromatic rings. The number of esters is 1. The molecule has 9 heteroatoms. The van der Waals surface area contributed by atoms with Gasteiger partial charge in [-0.2, -0.15) is 23.3 Å². The molecular formula is C24H17F3N2O4. The van der Waals surface area contributed by atoms with E-state index < -0.39 is 29.3 Å². The molecule has 0 spiro atoms. The van der Waals surface area contributed by atoms with Crippen molar-refractivity contribution in [3.8, 4) is 11.3 Å². The summed E-state index contributed by atoms with van der Waals surface area (Å²) in [6.45, 7) is 1.91. The van der Waals surface area contributed by atoms with Crippen LogP contribution in [-0.2, 0) is 9.53 Å². The third kappa shape index (κ3) is 4.57. The van der Waals surface area contributed by atoms with Crippen LogP contribution in [0.1, 0.15) is 23.0 Å². The number of hydrogen-bond acceptors (Lipinski definition) is 5. The second kappa shape index (κ2) is 8.78. The number of furan rings is 1. The highest BCUT2D eigenvalue weighted by Gasteiger charge is 2.47. The minimum absolute atomic E-state index is 0.0294. The number of hydrogen-bond donors (Lipinski definition) is 0. The van der Waals surface area contributed by atoms with Gasteiger partial charge in [-0.1, -0.05) is 30.3 Å². The highest BCUT2D eigenvalue weighted by atomic mass is 19.4. The van der Waals surface area contributed by atoms with Crippen LogP contribution in [0.3, 0.4) is 0 Å². The zero-order chi connectivity index (χ0) is 23.6. The number of benzene rings is 2. The third-order valence-corrected chi connectivity index (χ3v) is 4.72. The summed E-state index contributed by atoms with van der Waals surface area (Å²) in [5.41, 5.74) is -0.894. The number of halogens is 3. The first-order chi connectivity index (χ1) is 15.8. The van der Waals surface area contributed by atoms with E-state index in [-0.39, 0.29) is 18.1 Å².